The highest BCUT2D eigenvalue weighted by Crippen LogP contribution is 2.31. The Kier molecular flexibility index (Phi) is 12.3. The normalized spacial score (nSPS) is 10.9. The van der Waals surface area contributed by atoms with Gasteiger partial charge >= 0.3 is 0 Å². The van der Waals surface area contributed by atoms with Gasteiger partial charge in [-0.1, -0.05) is 47.5 Å². The highest BCUT2D eigenvalue weighted by molar-refractivity contribution is 7.98. The summed E-state index contributed by atoms with van der Waals surface area (Å²) < 4.78 is 33.5. The smallest absolute Gasteiger partial charge is 0.222 e. The Hall–Kier alpha value is -5.28. The average Bonchev–Trinajstić information content (AvgIpc) is 3.11. The number of aromatic nitrogens is 4. The van der Waals surface area contributed by atoms with Crippen LogP contribution in [0.1, 0.15) is 0 Å². The summed E-state index contributed by atoms with van der Waals surface area (Å²) in [5.41, 5.74) is 16.2. The molecule has 0 amide bonds. The number of nitrogens with zero attached hydrogens (tertiary/aromatic N) is 4. The van der Waals surface area contributed by atoms with Gasteiger partial charge in [-0.25, -0.2) is 18.4 Å². The molecule has 52 heavy (non-hydrogen) atoms. The molecule has 16 heteroatoms. The molecule has 0 unspecified atom stereocenters. The SMILES string of the molecule is COc1ccc(Nc2cc(-c3ccc(S(C)(=O)=O)cc3)nc(N)n2)cc1Cl.COc1ccc(Nc2cc(-c3ccc(SC)cc3)nc(N)n2)cc1Cl. The Labute approximate surface area is 315 Å². The van der Waals surface area contributed by atoms with Gasteiger partial charge in [-0.3, -0.25) is 0 Å². The zero-order chi connectivity index (χ0) is 37.4. The number of sulfone groups is 1. The summed E-state index contributed by atoms with van der Waals surface area (Å²) in [7, 11) is -0.141. The van der Waals surface area contributed by atoms with Gasteiger partial charge in [0.05, 0.1) is 40.5 Å². The van der Waals surface area contributed by atoms with Crippen molar-refractivity contribution in [1.82, 2.24) is 19.9 Å². The van der Waals surface area contributed by atoms with E-state index in [1.54, 1.807) is 74.5 Å². The third-order valence-electron chi connectivity index (χ3n) is 7.30. The number of nitrogens with two attached hydrogens (primary N) is 2. The summed E-state index contributed by atoms with van der Waals surface area (Å²) in [4.78, 5) is 18.4. The Morgan fingerprint density at radius 1 is 0.635 bits per heavy atom. The van der Waals surface area contributed by atoms with Gasteiger partial charge in [0.15, 0.2) is 9.84 Å². The first kappa shape index (κ1) is 38.0. The van der Waals surface area contributed by atoms with Crippen molar-refractivity contribution in [2.75, 3.05) is 48.8 Å². The second-order valence-electron chi connectivity index (χ2n) is 11.0. The number of anilines is 6. The van der Waals surface area contributed by atoms with Gasteiger partial charge < -0.3 is 31.6 Å². The molecule has 0 aliphatic heterocycles. The summed E-state index contributed by atoms with van der Waals surface area (Å²) >= 11 is 14.0. The van der Waals surface area contributed by atoms with Crippen LogP contribution in [0.3, 0.4) is 0 Å². The molecule has 2 heterocycles. The van der Waals surface area contributed by atoms with Crippen LogP contribution >= 0.6 is 35.0 Å². The first-order valence-electron chi connectivity index (χ1n) is 15.3. The lowest BCUT2D eigenvalue weighted by atomic mass is 10.1. The van der Waals surface area contributed by atoms with E-state index in [1.165, 1.54) is 17.0 Å². The first-order chi connectivity index (χ1) is 24.8. The molecule has 6 N–H and O–H groups in total. The molecule has 268 valence electrons. The number of halogens is 2. The minimum Gasteiger partial charge on any atom is -0.495 e. The maximum Gasteiger partial charge on any atom is 0.222 e. The topological polar surface area (TPSA) is 180 Å². The summed E-state index contributed by atoms with van der Waals surface area (Å²) in [5.74, 6) is 2.54. The van der Waals surface area contributed by atoms with Crippen molar-refractivity contribution in [2.24, 2.45) is 0 Å². The van der Waals surface area contributed by atoms with Crippen LogP contribution in [0.5, 0.6) is 11.5 Å². The fourth-order valence-corrected chi connectivity index (χ4v) is 6.33. The predicted octanol–water partition coefficient (Wildman–Crippen LogP) is 8.39. The predicted molar refractivity (Wildman–Crippen MR) is 211 cm³/mol. The summed E-state index contributed by atoms with van der Waals surface area (Å²) in [6.07, 6.45) is 3.20. The third-order valence-corrected chi connectivity index (χ3v) is 9.76. The van der Waals surface area contributed by atoms with Gasteiger partial charge in [-0.15, -0.1) is 11.8 Å². The van der Waals surface area contributed by atoms with E-state index >= 15 is 0 Å². The molecule has 6 aromatic rings. The number of ether oxygens (including phenoxy) is 2. The van der Waals surface area contributed by atoms with E-state index in [2.05, 4.69) is 42.7 Å². The van der Waals surface area contributed by atoms with Crippen LogP contribution in [0.2, 0.25) is 10.0 Å². The standard InChI is InChI=1S/C18H17ClN4O3S.C18H17ClN4OS/c1-26-16-8-5-12(9-14(16)19)21-17-10-15(22-18(20)23-17)11-3-6-13(7-4-11)27(2,24)25;1-24-16-8-5-12(9-14(16)19)21-17-10-15(22-18(20)23-17)11-3-6-13(25-2)7-4-11/h3-10H,1-2H3,(H3,20,21,22,23);3-10H,1-2H3,(H3,20,21,22,23). The van der Waals surface area contributed by atoms with E-state index in [1.807, 2.05) is 30.5 Å². The summed E-state index contributed by atoms with van der Waals surface area (Å²) in [6, 6.07) is 28.7. The Morgan fingerprint density at radius 3 is 1.42 bits per heavy atom. The fraction of sp³-hybridized carbons (Fsp3) is 0.111. The van der Waals surface area contributed by atoms with Crippen LogP contribution in [0.25, 0.3) is 22.5 Å². The van der Waals surface area contributed by atoms with E-state index in [0.717, 1.165) is 23.2 Å². The third kappa shape index (κ3) is 9.94. The van der Waals surface area contributed by atoms with Crippen molar-refractivity contribution in [1.29, 1.82) is 0 Å². The van der Waals surface area contributed by atoms with Crippen molar-refractivity contribution in [2.45, 2.75) is 9.79 Å². The van der Waals surface area contributed by atoms with E-state index in [-0.39, 0.29) is 16.8 Å². The van der Waals surface area contributed by atoms with Gasteiger partial charge in [-0.2, -0.15) is 9.97 Å². The molecular formula is C36H34Cl2N8O4S2. The van der Waals surface area contributed by atoms with Crippen LogP contribution in [-0.2, 0) is 9.84 Å². The highest BCUT2D eigenvalue weighted by atomic mass is 35.5. The number of thioether (sulfide) groups is 1. The number of hydrogen-bond acceptors (Lipinski definition) is 13. The van der Waals surface area contributed by atoms with Gasteiger partial charge in [-0.05, 0) is 66.9 Å². The Bertz CT molecular complexity index is 2300. The van der Waals surface area contributed by atoms with Gasteiger partial charge in [0.25, 0.3) is 0 Å². The van der Waals surface area contributed by atoms with Crippen LogP contribution in [0.4, 0.5) is 34.9 Å². The monoisotopic (exact) mass is 776 g/mol. The molecule has 0 aliphatic rings. The number of hydrogen-bond donors (Lipinski definition) is 4. The van der Waals surface area contributed by atoms with E-state index in [9.17, 15) is 8.42 Å². The molecule has 2 aromatic heterocycles. The second kappa shape index (κ2) is 16.8. The fourth-order valence-electron chi connectivity index (χ4n) is 4.77. The number of nitrogen functional groups attached to an aromatic ring is 2. The van der Waals surface area contributed by atoms with Crippen LogP contribution < -0.4 is 31.6 Å². The number of nitrogens with one attached hydrogen (secondary N) is 2. The first-order valence-corrected chi connectivity index (χ1v) is 19.2. The van der Waals surface area contributed by atoms with Crippen molar-refractivity contribution in [3.05, 3.63) is 107 Å². The molecule has 0 saturated carbocycles. The molecule has 6 rings (SSSR count). The maximum atomic E-state index is 11.6. The Morgan fingerprint density at radius 2 is 1.06 bits per heavy atom. The van der Waals surface area contributed by atoms with Crippen LogP contribution in [0.15, 0.2) is 107 Å². The molecule has 0 bridgehead atoms. The molecule has 4 aromatic carbocycles. The van der Waals surface area contributed by atoms with Crippen molar-refractivity contribution >= 4 is 79.7 Å². The largest absolute Gasteiger partial charge is 0.495 e. The van der Waals surface area contributed by atoms with Gasteiger partial charge in [0.1, 0.15) is 23.1 Å². The molecule has 0 saturated heterocycles. The van der Waals surface area contributed by atoms with Crippen molar-refractivity contribution in [3.8, 4) is 34.0 Å². The van der Waals surface area contributed by atoms with Crippen LogP contribution in [-0.4, -0.2) is 55.1 Å². The lowest BCUT2D eigenvalue weighted by Crippen LogP contribution is -2.02. The second-order valence-corrected chi connectivity index (χ2v) is 14.7. The maximum absolute atomic E-state index is 11.6. The summed E-state index contributed by atoms with van der Waals surface area (Å²) in [6.45, 7) is 0. The quantitative estimate of drug-likeness (QED) is 0.0975. The van der Waals surface area contributed by atoms with Gasteiger partial charge in [0, 0.05) is 45.8 Å². The minimum atomic E-state index is -3.26. The highest BCUT2D eigenvalue weighted by Gasteiger charge is 2.11. The zero-order valence-electron chi connectivity index (χ0n) is 28.4. The number of methoxy groups -OCH3 is 2. The summed E-state index contributed by atoms with van der Waals surface area (Å²) in [5, 5.41) is 7.29. The molecule has 0 atom stereocenters. The Balaban J connectivity index is 0.000000202. The van der Waals surface area contributed by atoms with E-state index in [4.69, 9.17) is 44.1 Å². The lowest BCUT2D eigenvalue weighted by molar-refractivity contribution is 0.415. The minimum absolute atomic E-state index is 0.0850. The van der Waals surface area contributed by atoms with Crippen molar-refractivity contribution < 1.29 is 17.9 Å². The molecule has 0 radical (unpaired) electrons. The van der Waals surface area contributed by atoms with Crippen LogP contribution in [0, 0.1) is 0 Å². The lowest BCUT2D eigenvalue weighted by Gasteiger charge is -2.10. The van der Waals surface area contributed by atoms with E-state index in [0.29, 0.717) is 50.1 Å². The molecule has 0 fully saturated rings. The average molecular weight is 778 g/mol. The van der Waals surface area contributed by atoms with E-state index < -0.39 is 9.84 Å². The number of benzene rings is 4. The molecule has 0 spiro atoms. The zero-order valence-corrected chi connectivity index (χ0v) is 31.5. The van der Waals surface area contributed by atoms with Crippen molar-refractivity contribution in [3.63, 3.8) is 0 Å². The van der Waals surface area contributed by atoms with Gasteiger partial charge in [0.2, 0.25) is 11.9 Å². The molecule has 12 nitrogen and oxygen atoms in total. The number of rotatable bonds is 10. The molecule has 0 aliphatic carbocycles. The molecular weight excluding hydrogens is 743 g/mol.